The molecule has 0 aromatic carbocycles. The van der Waals surface area contributed by atoms with E-state index in [9.17, 15) is 14.4 Å². The number of nitrogens with one attached hydrogen (secondary N) is 2. The highest BCUT2D eigenvalue weighted by molar-refractivity contribution is 8.00. The molecule has 0 bridgehead atoms. The van der Waals surface area contributed by atoms with E-state index < -0.39 is 11.3 Å². The summed E-state index contributed by atoms with van der Waals surface area (Å²) in [6, 6.07) is -0.581. The van der Waals surface area contributed by atoms with Crippen LogP contribution in [0.3, 0.4) is 0 Å². The average molecular weight is 331 g/mol. The van der Waals surface area contributed by atoms with E-state index in [0.29, 0.717) is 12.2 Å². The number of carbonyl (C=O) groups is 3. The minimum absolute atomic E-state index is 0.00490. The van der Waals surface area contributed by atoms with E-state index in [1.807, 2.05) is 27.7 Å². The highest BCUT2D eigenvalue weighted by Crippen LogP contribution is 2.17. The third kappa shape index (κ3) is 9.04. The highest BCUT2D eigenvalue weighted by Gasteiger charge is 2.25. The molecule has 0 saturated carbocycles. The molecule has 0 aliphatic rings. The Morgan fingerprint density at radius 1 is 1.05 bits per heavy atom. The first-order valence-electron chi connectivity index (χ1n) is 7.66. The Hall–Kier alpha value is -1.08. The molecule has 0 radical (unpaired) electrons. The van der Waals surface area contributed by atoms with Crippen LogP contribution in [0.1, 0.15) is 47.5 Å². The van der Waals surface area contributed by atoms with E-state index in [0.717, 1.165) is 0 Å². The minimum Gasteiger partial charge on any atom is -0.354 e. The lowest BCUT2D eigenvalue weighted by Crippen LogP contribution is -2.42. The van der Waals surface area contributed by atoms with Gasteiger partial charge in [0.15, 0.2) is 0 Å². The number of ketones is 1. The maximum absolute atomic E-state index is 12.2. The molecule has 0 spiro atoms. The summed E-state index contributed by atoms with van der Waals surface area (Å²) in [5.41, 5.74) is 5.79. The summed E-state index contributed by atoms with van der Waals surface area (Å²) in [4.78, 5) is 35.6. The van der Waals surface area contributed by atoms with Crippen LogP contribution in [0, 0.1) is 0 Å². The van der Waals surface area contributed by atoms with Gasteiger partial charge in [0, 0.05) is 30.7 Å². The van der Waals surface area contributed by atoms with Crippen molar-refractivity contribution < 1.29 is 14.4 Å². The zero-order valence-electron chi connectivity index (χ0n) is 14.1. The highest BCUT2D eigenvalue weighted by atomic mass is 32.2. The first kappa shape index (κ1) is 20.9. The maximum Gasteiger partial charge on any atom is 0.233 e. The van der Waals surface area contributed by atoms with Gasteiger partial charge >= 0.3 is 0 Å². The Bertz CT molecular complexity index is 386. The van der Waals surface area contributed by atoms with Gasteiger partial charge < -0.3 is 16.4 Å². The lowest BCUT2D eigenvalue weighted by atomic mass is 10.2. The van der Waals surface area contributed by atoms with E-state index in [4.69, 9.17) is 5.73 Å². The van der Waals surface area contributed by atoms with Gasteiger partial charge in [-0.2, -0.15) is 0 Å². The Morgan fingerprint density at radius 2 is 1.59 bits per heavy atom. The molecule has 0 rings (SSSR count). The smallest absolute Gasteiger partial charge is 0.233 e. The average Bonchev–Trinajstić information content (AvgIpc) is 2.40. The quantitative estimate of drug-likeness (QED) is 0.550. The van der Waals surface area contributed by atoms with E-state index in [-0.39, 0.29) is 36.1 Å². The number of rotatable bonds is 10. The lowest BCUT2D eigenvalue weighted by Gasteiger charge is -2.20. The van der Waals surface area contributed by atoms with Crippen molar-refractivity contribution in [1.82, 2.24) is 10.6 Å². The van der Waals surface area contributed by atoms with E-state index in [1.54, 1.807) is 6.92 Å². The third-order valence-electron chi connectivity index (χ3n) is 2.78. The van der Waals surface area contributed by atoms with Crippen LogP contribution < -0.4 is 16.4 Å². The number of Topliss-reactive ketones (excluding diaryl/α,β-unsaturated/α-hetero) is 1. The number of thioether (sulfide) groups is 1. The molecule has 4 N–H and O–H groups in total. The molecule has 2 atom stereocenters. The third-order valence-corrected chi connectivity index (χ3v) is 4.12. The van der Waals surface area contributed by atoms with Gasteiger partial charge in [0.25, 0.3) is 0 Å². The van der Waals surface area contributed by atoms with Crippen molar-refractivity contribution in [2.24, 2.45) is 5.73 Å². The molecule has 22 heavy (non-hydrogen) atoms. The molecule has 2 amide bonds. The van der Waals surface area contributed by atoms with Crippen molar-refractivity contribution >= 4 is 29.4 Å². The molecule has 0 aliphatic heterocycles. The van der Waals surface area contributed by atoms with Crippen molar-refractivity contribution in [3.05, 3.63) is 0 Å². The molecule has 0 heterocycles. The second kappa shape index (κ2) is 10.6. The van der Waals surface area contributed by atoms with Gasteiger partial charge in [-0.15, -0.1) is 11.8 Å². The molecular weight excluding hydrogens is 302 g/mol. The number of hydrogen-bond acceptors (Lipinski definition) is 5. The van der Waals surface area contributed by atoms with E-state index in [1.165, 1.54) is 11.8 Å². The summed E-state index contributed by atoms with van der Waals surface area (Å²) in [5.74, 6) is -0.0864. The first-order valence-corrected chi connectivity index (χ1v) is 8.71. The van der Waals surface area contributed by atoms with Crippen LogP contribution in [0.25, 0.3) is 0 Å². The molecule has 6 nitrogen and oxygen atoms in total. The van der Waals surface area contributed by atoms with Gasteiger partial charge in [0.1, 0.15) is 5.78 Å². The summed E-state index contributed by atoms with van der Waals surface area (Å²) in [7, 11) is 0. The van der Waals surface area contributed by atoms with Crippen LogP contribution in [0.5, 0.6) is 0 Å². The standard InChI is InChI=1S/C15H29N3O3S/c1-6-12(19)11(16)8-22-13(15(21)18-10(4)5)7-14(20)17-9(2)3/h9-11,13H,6-8,16H2,1-5H3,(H,17,20)(H,18,21)/t11-,13?/m0/s1. The fraction of sp³-hybridized carbons (Fsp3) is 0.800. The Labute approximate surface area is 137 Å². The summed E-state index contributed by atoms with van der Waals surface area (Å²) in [5, 5.41) is 5.03. The van der Waals surface area contributed by atoms with Gasteiger partial charge in [0.2, 0.25) is 11.8 Å². The molecule has 0 fully saturated rings. The van der Waals surface area contributed by atoms with Crippen LogP contribution in [0.15, 0.2) is 0 Å². The topological polar surface area (TPSA) is 101 Å². The fourth-order valence-corrected chi connectivity index (χ4v) is 2.84. The van der Waals surface area contributed by atoms with Gasteiger partial charge in [-0.25, -0.2) is 0 Å². The normalized spacial score (nSPS) is 13.8. The zero-order valence-corrected chi connectivity index (χ0v) is 15.0. The van der Waals surface area contributed by atoms with Gasteiger partial charge in [0.05, 0.1) is 11.3 Å². The van der Waals surface area contributed by atoms with Crippen molar-refractivity contribution in [3.8, 4) is 0 Å². The summed E-state index contributed by atoms with van der Waals surface area (Å²) < 4.78 is 0. The molecule has 0 aromatic rings. The zero-order chi connectivity index (χ0) is 17.3. The number of nitrogens with two attached hydrogens (primary N) is 1. The van der Waals surface area contributed by atoms with E-state index in [2.05, 4.69) is 10.6 Å². The van der Waals surface area contributed by atoms with Gasteiger partial charge in [-0.05, 0) is 27.7 Å². The monoisotopic (exact) mass is 331 g/mol. The van der Waals surface area contributed by atoms with Crippen LogP contribution in [-0.4, -0.2) is 46.7 Å². The van der Waals surface area contributed by atoms with Crippen LogP contribution in [0.2, 0.25) is 0 Å². The summed E-state index contributed by atoms with van der Waals surface area (Å²) in [6.07, 6.45) is 0.451. The molecule has 1 unspecified atom stereocenters. The number of hydrogen-bond donors (Lipinski definition) is 3. The molecular formula is C15H29N3O3S. The first-order chi connectivity index (χ1) is 10.2. The van der Waals surface area contributed by atoms with E-state index >= 15 is 0 Å². The van der Waals surface area contributed by atoms with Crippen LogP contribution in [-0.2, 0) is 14.4 Å². The predicted molar refractivity (Wildman–Crippen MR) is 90.7 cm³/mol. The molecule has 128 valence electrons. The Morgan fingerprint density at radius 3 is 2.05 bits per heavy atom. The molecule has 0 aromatic heterocycles. The second-order valence-electron chi connectivity index (χ2n) is 5.84. The van der Waals surface area contributed by atoms with Gasteiger partial charge in [-0.1, -0.05) is 6.92 Å². The number of carbonyl (C=O) groups excluding carboxylic acids is 3. The summed E-state index contributed by atoms with van der Waals surface area (Å²) in [6.45, 7) is 9.21. The number of amides is 2. The van der Waals surface area contributed by atoms with Gasteiger partial charge in [-0.3, -0.25) is 14.4 Å². The van der Waals surface area contributed by atoms with Crippen molar-refractivity contribution in [3.63, 3.8) is 0 Å². The van der Waals surface area contributed by atoms with Crippen molar-refractivity contribution in [2.75, 3.05) is 5.75 Å². The SMILES string of the molecule is CCC(=O)[C@@H](N)CSC(CC(=O)NC(C)C)C(=O)NC(C)C. The minimum atomic E-state index is -0.600. The molecule has 7 heteroatoms. The fourth-order valence-electron chi connectivity index (χ4n) is 1.73. The second-order valence-corrected chi connectivity index (χ2v) is 7.07. The lowest BCUT2D eigenvalue weighted by molar-refractivity contribution is -0.126. The van der Waals surface area contributed by atoms with Crippen molar-refractivity contribution in [2.45, 2.75) is 70.8 Å². The van der Waals surface area contributed by atoms with Crippen molar-refractivity contribution in [1.29, 1.82) is 0 Å². The maximum atomic E-state index is 12.2. The molecule has 0 aliphatic carbocycles. The largest absolute Gasteiger partial charge is 0.354 e. The van der Waals surface area contributed by atoms with Crippen LogP contribution in [0.4, 0.5) is 0 Å². The Kier molecular flexibility index (Phi) is 10.1. The molecule has 0 saturated heterocycles. The summed E-state index contributed by atoms with van der Waals surface area (Å²) >= 11 is 1.26. The Balaban J connectivity index is 4.68. The van der Waals surface area contributed by atoms with Crippen LogP contribution >= 0.6 is 11.8 Å². The predicted octanol–water partition coefficient (Wildman–Crippen LogP) is 0.834.